The van der Waals surface area contributed by atoms with E-state index in [1.807, 2.05) is 13.8 Å². The van der Waals surface area contributed by atoms with Crippen LogP contribution < -0.4 is 10.6 Å². The van der Waals surface area contributed by atoms with Crippen LogP contribution in [-0.2, 0) is 9.53 Å². The Hall–Kier alpha value is -0.530. The Morgan fingerprint density at radius 2 is 2.00 bits per heavy atom. The van der Waals surface area contributed by atoms with Crippen LogP contribution in [0.2, 0.25) is 0 Å². The molecule has 2 N–H and O–H groups in total. The summed E-state index contributed by atoms with van der Waals surface area (Å²) in [6, 6.07) is 0.0802. The smallest absolute Gasteiger partial charge is 0.362 e. The van der Waals surface area contributed by atoms with Crippen molar-refractivity contribution in [3.63, 3.8) is 0 Å². The van der Waals surface area contributed by atoms with Crippen molar-refractivity contribution < 1.29 is 22.7 Å². The molecule has 0 aliphatic rings. The van der Waals surface area contributed by atoms with Crippen molar-refractivity contribution >= 4 is 18.3 Å². The largest absolute Gasteiger partial charge is 0.411 e. The first kappa shape index (κ1) is 18.8. The van der Waals surface area contributed by atoms with Gasteiger partial charge in [0.25, 0.3) is 0 Å². The van der Waals surface area contributed by atoms with E-state index in [2.05, 4.69) is 15.4 Å². The number of rotatable bonds is 7. The summed E-state index contributed by atoms with van der Waals surface area (Å²) >= 11 is 0. The van der Waals surface area contributed by atoms with Crippen molar-refractivity contribution in [3.05, 3.63) is 0 Å². The van der Waals surface area contributed by atoms with Gasteiger partial charge in [-0.15, -0.1) is 12.4 Å². The lowest BCUT2D eigenvalue weighted by atomic mass is 10.3. The molecule has 0 saturated heterocycles. The van der Waals surface area contributed by atoms with E-state index < -0.39 is 25.3 Å². The number of ether oxygens (including phenoxy) is 1. The molecule has 4 nitrogen and oxygen atoms in total. The van der Waals surface area contributed by atoms with Gasteiger partial charge in [-0.2, -0.15) is 13.2 Å². The number of likely N-dealkylation sites (N-methyl/N-ethyl adjacent to an activating group) is 1. The van der Waals surface area contributed by atoms with E-state index in [0.717, 1.165) is 6.54 Å². The maximum absolute atomic E-state index is 11.7. The highest BCUT2D eigenvalue weighted by atomic mass is 35.5. The Morgan fingerprint density at radius 3 is 2.47 bits per heavy atom. The van der Waals surface area contributed by atoms with Gasteiger partial charge in [-0.25, -0.2) is 0 Å². The van der Waals surface area contributed by atoms with Gasteiger partial charge >= 0.3 is 6.18 Å². The molecule has 0 aliphatic carbocycles. The van der Waals surface area contributed by atoms with Crippen LogP contribution in [0.1, 0.15) is 13.8 Å². The molecule has 0 bridgehead atoms. The second-order valence-electron chi connectivity index (χ2n) is 3.37. The molecule has 1 amide bonds. The maximum atomic E-state index is 11.7. The molecule has 0 aromatic rings. The summed E-state index contributed by atoms with van der Waals surface area (Å²) in [7, 11) is 0. The average Bonchev–Trinajstić information content (AvgIpc) is 2.13. The van der Waals surface area contributed by atoms with Crippen molar-refractivity contribution in [1.82, 2.24) is 10.6 Å². The quantitative estimate of drug-likeness (QED) is 0.733. The number of carbonyl (C=O) groups is 1. The van der Waals surface area contributed by atoms with Gasteiger partial charge in [0.15, 0.2) is 0 Å². The van der Waals surface area contributed by atoms with E-state index in [1.54, 1.807) is 0 Å². The average molecular weight is 279 g/mol. The minimum absolute atomic E-state index is 0. The fourth-order valence-electron chi connectivity index (χ4n) is 0.998. The summed E-state index contributed by atoms with van der Waals surface area (Å²) in [5.41, 5.74) is 0. The van der Waals surface area contributed by atoms with Gasteiger partial charge in [0.05, 0.1) is 0 Å². The number of carbonyl (C=O) groups excluding carboxylic acids is 1. The van der Waals surface area contributed by atoms with Crippen LogP contribution in [0.5, 0.6) is 0 Å². The molecule has 0 radical (unpaired) electrons. The third-order valence-corrected chi connectivity index (χ3v) is 1.66. The Labute approximate surface area is 105 Å². The highest BCUT2D eigenvalue weighted by Gasteiger charge is 2.27. The Morgan fingerprint density at radius 1 is 1.41 bits per heavy atom. The number of halogens is 4. The summed E-state index contributed by atoms with van der Waals surface area (Å²) in [6.45, 7) is 2.94. The lowest BCUT2D eigenvalue weighted by Gasteiger charge is -2.13. The molecule has 0 fully saturated rings. The van der Waals surface area contributed by atoms with E-state index >= 15 is 0 Å². The van der Waals surface area contributed by atoms with Crippen LogP contribution in [0.15, 0.2) is 0 Å². The third-order valence-electron chi connectivity index (χ3n) is 1.66. The molecule has 17 heavy (non-hydrogen) atoms. The first-order valence-corrected chi connectivity index (χ1v) is 4.99. The molecular formula is C9H18ClF3N2O2. The lowest BCUT2D eigenvalue weighted by Crippen LogP contribution is -2.40. The highest BCUT2D eigenvalue weighted by Crippen LogP contribution is 2.13. The Kier molecular flexibility index (Phi) is 10.5. The molecule has 0 rings (SSSR count). The second kappa shape index (κ2) is 9.49. The van der Waals surface area contributed by atoms with Crippen molar-refractivity contribution in [2.45, 2.75) is 26.1 Å². The monoisotopic (exact) mass is 278 g/mol. The van der Waals surface area contributed by atoms with Crippen LogP contribution in [0.25, 0.3) is 0 Å². The molecule has 0 heterocycles. The lowest BCUT2D eigenvalue weighted by molar-refractivity contribution is -0.175. The van der Waals surface area contributed by atoms with Crippen LogP contribution >= 0.6 is 12.4 Å². The molecule has 0 saturated carbocycles. The third kappa shape index (κ3) is 13.4. The van der Waals surface area contributed by atoms with Gasteiger partial charge in [0.2, 0.25) is 5.91 Å². The van der Waals surface area contributed by atoms with Crippen molar-refractivity contribution in [2.24, 2.45) is 0 Å². The summed E-state index contributed by atoms with van der Waals surface area (Å²) < 4.78 is 39.2. The zero-order valence-corrected chi connectivity index (χ0v) is 10.6. The van der Waals surface area contributed by atoms with Gasteiger partial charge < -0.3 is 15.4 Å². The molecule has 0 aromatic carbocycles. The zero-order chi connectivity index (χ0) is 12.6. The van der Waals surface area contributed by atoms with E-state index in [9.17, 15) is 18.0 Å². The van der Waals surface area contributed by atoms with E-state index in [0.29, 0.717) is 6.54 Å². The number of nitrogens with one attached hydrogen (secondary N) is 2. The molecule has 1 atom stereocenters. The fourth-order valence-corrected chi connectivity index (χ4v) is 0.998. The first-order valence-electron chi connectivity index (χ1n) is 4.99. The maximum Gasteiger partial charge on any atom is 0.411 e. The Balaban J connectivity index is 0. The molecule has 8 heteroatoms. The van der Waals surface area contributed by atoms with E-state index in [1.165, 1.54) is 0 Å². The van der Waals surface area contributed by atoms with Gasteiger partial charge in [-0.3, -0.25) is 4.79 Å². The molecule has 0 aliphatic heterocycles. The van der Waals surface area contributed by atoms with Crippen LogP contribution in [-0.4, -0.2) is 44.4 Å². The van der Waals surface area contributed by atoms with Crippen molar-refractivity contribution in [1.29, 1.82) is 0 Å². The highest BCUT2D eigenvalue weighted by molar-refractivity contribution is 5.85. The minimum atomic E-state index is -4.39. The normalized spacial score (nSPS) is 12.8. The fraction of sp³-hybridized carbons (Fsp3) is 0.889. The summed E-state index contributed by atoms with van der Waals surface area (Å²) in [5.74, 6) is -0.547. The standard InChI is InChI=1S/C9H17F3N2O2.ClH/c1-3-13-7(2)4-14-8(15)5-16-6-9(10,11)12;/h7,13H,3-6H2,1-2H3,(H,14,15);1H/t7-;/m1./s1. The molecule has 0 unspecified atom stereocenters. The Bertz CT molecular complexity index is 215. The van der Waals surface area contributed by atoms with E-state index in [4.69, 9.17) is 0 Å². The SMILES string of the molecule is CCN[C@H](C)CNC(=O)COCC(F)(F)F.Cl. The predicted molar refractivity (Wildman–Crippen MR) is 60.3 cm³/mol. The first-order chi connectivity index (χ1) is 7.35. The molecule has 104 valence electrons. The topological polar surface area (TPSA) is 50.4 Å². The number of alkyl halides is 3. The van der Waals surface area contributed by atoms with Gasteiger partial charge in [-0.1, -0.05) is 6.92 Å². The summed E-state index contributed by atoms with van der Waals surface area (Å²) in [5, 5.41) is 5.51. The minimum Gasteiger partial charge on any atom is -0.362 e. The van der Waals surface area contributed by atoms with Crippen LogP contribution in [0, 0.1) is 0 Å². The number of hydrogen-bond acceptors (Lipinski definition) is 3. The molecular weight excluding hydrogens is 261 g/mol. The predicted octanol–water partition coefficient (Wildman–Crippen LogP) is 1.10. The summed E-state index contributed by atoms with van der Waals surface area (Å²) in [6.07, 6.45) is -4.39. The van der Waals surface area contributed by atoms with Gasteiger partial charge in [0, 0.05) is 12.6 Å². The van der Waals surface area contributed by atoms with Crippen molar-refractivity contribution in [2.75, 3.05) is 26.3 Å². The van der Waals surface area contributed by atoms with Crippen LogP contribution in [0.3, 0.4) is 0 Å². The number of amides is 1. The number of hydrogen-bond donors (Lipinski definition) is 2. The zero-order valence-electron chi connectivity index (χ0n) is 9.76. The molecule has 0 spiro atoms. The van der Waals surface area contributed by atoms with Crippen LogP contribution in [0.4, 0.5) is 13.2 Å². The van der Waals surface area contributed by atoms with Crippen molar-refractivity contribution in [3.8, 4) is 0 Å². The van der Waals surface area contributed by atoms with E-state index in [-0.39, 0.29) is 18.4 Å². The van der Waals surface area contributed by atoms with Gasteiger partial charge in [-0.05, 0) is 13.5 Å². The molecule has 0 aromatic heterocycles. The second-order valence-corrected chi connectivity index (χ2v) is 3.37. The van der Waals surface area contributed by atoms with Gasteiger partial charge in [0.1, 0.15) is 13.2 Å². The summed E-state index contributed by atoms with van der Waals surface area (Å²) in [4.78, 5) is 11.0.